The summed E-state index contributed by atoms with van der Waals surface area (Å²) in [4.78, 5) is 0. The van der Waals surface area contributed by atoms with Crippen LogP contribution >= 0.6 is 12.4 Å². The number of aliphatic hydroxyl groups is 1. The van der Waals surface area contributed by atoms with Crippen LogP contribution in [-0.2, 0) is 0 Å². The Balaban J connectivity index is 0.000001000. The van der Waals surface area contributed by atoms with E-state index in [-0.39, 0.29) is 18.0 Å². The summed E-state index contributed by atoms with van der Waals surface area (Å²) < 4.78 is 0. The predicted octanol–water partition coefficient (Wildman–Crippen LogP) is 1.32. The second kappa shape index (κ2) is 4.96. The molecule has 1 aliphatic rings. The van der Waals surface area contributed by atoms with Crippen molar-refractivity contribution in [2.45, 2.75) is 38.2 Å². The summed E-state index contributed by atoms with van der Waals surface area (Å²) >= 11 is 0. The molecule has 0 spiro atoms. The minimum Gasteiger partial charge on any atom is -0.390 e. The van der Waals surface area contributed by atoms with Gasteiger partial charge in [-0.3, -0.25) is 0 Å². The van der Waals surface area contributed by atoms with Gasteiger partial charge in [-0.25, -0.2) is 0 Å². The molecule has 1 saturated heterocycles. The molecule has 2 nitrogen and oxygen atoms in total. The zero-order valence-electron chi connectivity index (χ0n) is 7.10. The Morgan fingerprint density at radius 3 is 2.36 bits per heavy atom. The van der Waals surface area contributed by atoms with Gasteiger partial charge < -0.3 is 10.4 Å². The van der Waals surface area contributed by atoms with Gasteiger partial charge in [-0.1, -0.05) is 13.3 Å². The van der Waals surface area contributed by atoms with Gasteiger partial charge in [0.15, 0.2) is 0 Å². The van der Waals surface area contributed by atoms with Crippen LogP contribution < -0.4 is 5.32 Å². The van der Waals surface area contributed by atoms with Gasteiger partial charge >= 0.3 is 0 Å². The van der Waals surface area contributed by atoms with Crippen molar-refractivity contribution in [3.63, 3.8) is 0 Å². The molecule has 0 unspecified atom stereocenters. The van der Waals surface area contributed by atoms with E-state index in [0.29, 0.717) is 0 Å². The molecule has 2 N–H and O–H groups in total. The fourth-order valence-corrected chi connectivity index (χ4v) is 1.61. The second-order valence-electron chi connectivity index (χ2n) is 3.22. The molecule has 0 aliphatic carbocycles. The van der Waals surface area contributed by atoms with Crippen molar-refractivity contribution in [3.05, 3.63) is 0 Å². The number of hydrogen-bond donors (Lipinski definition) is 2. The molecule has 0 aromatic carbocycles. The van der Waals surface area contributed by atoms with Crippen LogP contribution in [0.5, 0.6) is 0 Å². The Kier molecular flexibility index (Phi) is 5.06. The standard InChI is InChI=1S/C8H17NO.ClH/c1-2-3-8(10)4-6-9-7-5-8;/h9-10H,2-7H2,1H3;1H. The van der Waals surface area contributed by atoms with E-state index in [1.807, 2.05) is 0 Å². The SMILES string of the molecule is CCCC1(O)CCNCC1.Cl. The van der Waals surface area contributed by atoms with Crippen LogP contribution in [0.2, 0.25) is 0 Å². The van der Waals surface area contributed by atoms with E-state index in [2.05, 4.69) is 12.2 Å². The highest BCUT2D eigenvalue weighted by molar-refractivity contribution is 5.85. The average Bonchev–Trinajstić information content (AvgIpc) is 1.89. The van der Waals surface area contributed by atoms with Crippen LogP contribution in [0.15, 0.2) is 0 Å². The zero-order valence-corrected chi connectivity index (χ0v) is 7.91. The fourth-order valence-electron chi connectivity index (χ4n) is 1.61. The van der Waals surface area contributed by atoms with E-state index < -0.39 is 0 Å². The quantitative estimate of drug-likeness (QED) is 0.671. The van der Waals surface area contributed by atoms with Gasteiger partial charge in [-0.2, -0.15) is 0 Å². The van der Waals surface area contributed by atoms with Crippen LogP contribution in [0.3, 0.4) is 0 Å². The Labute approximate surface area is 74.8 Å². The first kappa shape index (κ1) is 11.2. The number of nitrogens with one attached hydrogen (secondary N) is 1. The first-order chi connectivity index (χ1) is 4.77. The van der Waals surface area contributed by atoms with Gasteiger partial charge in [-0.05, 0) is 32.4 Å². The molecule has 1 rings (SSSR count). The molecule has 1 heterocycles. The zero-order chi connectivity index (χ0) is 7.45. The lowest BCUT2D eigenvalue weighted by Gasteiger charge is -2.32. The summed E-state index contributed by atoms with van der Waals surface area (Å²) in [5.74, 6) is 0. The van der Waals surface area contributed by atoms with Crippen molar-refractivity contribution < 1.29 is 5.11 Å². The Hall–Kier alpha value is 0.210. The highest BCUT2D eigenvalue weighted by atomic mass is 35.5. The average molecular weight is 180 g/mol. The number of rotatable bonds is 2. The van der Waals surface area contributed by atoms with Crippen molar-refractivity contribution in [2.75, 3.05) is 13.1 Å². The van der Waals surface area contributed by atoms with Crippen LogP contribution in [0.25, 0.3) is 0 Å². The van der Waals surface area contributed by atoms with Gasteiger partial charge in [0.1, 0.15) is 0 Å². The summed E-state index contributed by atoms with van der Waals surface area (Å²) in [6.45, 7) is 4.09. The third-order valence-electron chi connectivity index (χ3n) is 2.25. The van der Waals surface area contributed by atoms with Gasteiger partial charge in [-0.15, -0.1) is 12.4 Å². The summed E-state index contributed by atoms with van der Waals surface area (Å²) in [5, 5.41) is 13.1. The van der Waals surface area contributed by atoms with Gasteiger partial charge in [0.25, 0.3) is 0 Å². The van der Waals surface area contributed by atoms with Crippen LogP contribution in [-0.4, -0.2) is 23.8 Å². The number of piperidine rings is 1. The van der Waals surface area contributed by atoms with Crippen LogP contribution in [0, 0.1) is 0 Å². The lowest BCUT2D eigenvalue weighted by molar-refractivity contribution is 0.00194. The van der Waals surface area contributed by atoms with E-state index in [4.69, 9.17) is 0 Å². The van der Waals surface area contributed by atoms with Crippen LogP contribution in [0.4, 0.5) is 0 Å². The highest BCUT2D eigenvalue weighted by Crippen LogP contribution is 2.22. The van der Waals surface area contributed by atoms with Crippen molar-refractivity contribution in [1.82, 2.24) is 5.32 Å². The van der Waals surface area contributed by atoms with E-state index in [9.17, 15) is 5.11 Å². The lowest BCUT2D eigenvalue weighted by atomic mass is 9.88. The third kappa shape index (κ3) is 3.41. The molecule has 1 fully saturated rings. The third-order valence-corrected chi connectivity index (χ3v) is 2.25. The Morgan fingerprint density at radius 2 is 1.91 bits per heavy atom. The van der Waals surface area contributed by atoms with E-state index in [1.54, 1.807) is 0 Å². The van der Waals surface area contributed by atoms with Crippen LogP contribution in [0.1, 0.15) is 32.6 Å². The summed E-state index contributed by atoms with van der Waals surface area (Å²) in [6.07, 6.45) is 3.92. The maximum absolute atomic E-state index is 9.83. The lowest BCUT2D eigenvalue weighted by Crippen LogP contribution is -2.41. The molecule has 0 aromatic rings. The molecule has 0 atom stereocenters. The molecule has 0 bridgehead atoms. The largest absolute Gasteiger partial charge is 0.390 e. The second-order valence-corrected chi connectivity index (χ2v) is 3.22. The molecular formula is C8H18ClNO. The minimum atomic E-state index is -0.333. The summed E-state index contributed by atoms with van der Waals surface area (Å²) in [7, 11) is 0. The normalized spacial score (nSPS) is 22.4. The molecule has 11 heavy (non-hydrogen) atoms. The summed E-state index contributed by atoms with van der Waals surface area (Å²) in [6, 6.07) is 0. The Bertz CT molecular complexity index is 96.8. The van der Waals surface area contributed by atoms with Crippen molar-refractivity contribution in [1.29, 1.82) is 0 Å². The van der Waals surface area contributed by atoms with Crippen molar-refractivity contribution in [2.24, 2.45) is 0 Å². The molecule has 3 heteroatoms. The maximum Gasteiger partial charge on any atom is 0.0671 e. The maximum atomic E-state index is 9.83. The smallest absolute Gasteiger partial charge is 0.0671 e. The van der Waals surface area contributed by atoms with Gasteiger partial charge in [0.05, 0.1) is 5.60 Å². The summed E-state index contributed by atoms with van der Waals surface area (Å²) in [5.41, 5.74) is -0.333. The monoisotopic (exact) mass is 179 g/mol. The Morgan fingerprint density at radius 1 is 1.36 bits per heavy atom. The van der Waals surface area contributed by atoms with E-state index in [1.165, 1.54) is 0 Å². The minimum absolute atomic E-state index is 0. The molecule has 0 radical (unpaired) electrons. The molecule has 0 saturated carbocycles. The van der Waals surface area contributed by atoms with Crippen molar-refractivity contribution in [3.8, 4) is 0 Å². The fraction of sp³-hybridized carbons (Fsp3) is 1.00. The molecular weight excluding hydrogens is 162 g/mol. The predicted molar refractivity (Wildman–Crippen MR) is 49.2 cm³/mol. The molecule has 0 aromatic heterocycles. The molecule has 68 valence electrons. The molecule has 0 amide bonds. The van der Waals surface area contributed by atoms with Crippen molar-refractivity contribution >= 4 is 12.4 Å². The van der Waals surface area contributed by atoms with E-state index >= 15 is 0 Å². The molecule has 1 aliphatic heterocycles. The first-order valence-electron chi connectivity index (χ1n) is 4.20. The van der Waals surface area contributed by atoms with Gasteiger partial charge in [0.2, 0.25) is 0 Å². The first-order valence-corrected chi connectivity index (χ1v) is 4.20. The van der Waals surface area contributed by atoms with E-state index in [0.717, 1.165) is 38.8 Å². The van der Waals surface area contributed by atoms with Gasteiger partial charge in [0, 0.05) is 0 Å². The number of halogens is 1. The number of hydrogen-bond acceptors (Lipinski definition) is 2. The topological polar surface area (TPSA) is 32.3 Å². The highest BCUT2D eigenvalue weighted by Gasteiger charge is 2.27.